The fourth-order valence-electron chi connectivity index (χ4n) is 0.900. The Morgan fingerprint density at radius 1 is 1.00 bits per heavy atom. The Hall–Kier alpha value is -0.200. The number of nitrogens with one attached hydrogen (secondary N) is 5. The molecule has 2 rings (SSSR count). The molecule has 5 N–H and O–H groups in total. The Morgan fingerprint density at radius 3 is 2.12 bits per heavy atom. The predicted molar refractivity (Wildman–Crippen MR) is 28.1 cm³/mol. The molecule has 0 amide bonds. The summed E-state index contributed by atoms with van der Waals surface area (Å²) in [6.07, 6.45) is 0.475. The van der Waals surface area contributed by atoms with E-state index in [9.17, 15) is 0 Å². The molecule has 0 spiro atoms. The highest BCUT2D eigenvalue weighted by Crippen LogP contribution is 1.85. The highest BCUT2D eigenvalue weighted by atomic mass is 15.7. The molecule has 0 aromatic heterocycles. The second-order valence-electron chi connectivity index (χ2n) is 1.91. The molecule has 8 heavy (non-hydrogen) atoms. The van der Waals surface area contributed by atoms with E-state index in [1.807, 2.05) is 0 Å². The molecule has 2 saturated heterocycles. The summed E-state index contributed by atoms with van der Waals surface area (Å²) >= 11 is 0. The van der Waals surface area contributed by atoms with Gasteiger partial charge in [-0.2, -0.15) is 0 Å². The fraction of sp³-hybridized carbons (Fsp3) is 1.00. The van der Waals surface area contributed by atoms with Crippen molar-refractivity contribution in [1.82, 2.24) is 26.8 Å². The Labute approximate surface area is 47.2 Å². The van der Waals surface area contributed by atoms with E-state index in [1.165, 1.54) is 0 Å². The van der Waals surface area contributed by atoms with Gasteiger partial charge >= 0.3 is 0 Å². The van der Waals surface area contributed by atoms with Crippen molar-refractivity contribution in [1.29, 1.82) is 0 Å². The minimum Gasteiger partial charge on any atom is -0.276 e. The van der Waals surface area contributed by atoms with Gasteiger partial charge in [0, 0.05) is 0 Å². The maximum atomic E-state index is 3.15. The molecule has 0 aliphatic carbocycles. The number of fused-ring (bicyclic) bond motifs is 2. The number of hydrogen-bond acceptors (Lipinski definition) is 5. The summed E-state index contributed by atoms with van der Waals surface area (Å²) in [7, 11) is 0. The van der Waals surface area contributed by atoms with Crippen LogP contribution in [0.1, 0.15) is 0 Å². The maximum Gasteiger partial charge on any atom is 0.127 e. The van der Waals surface area contributed by atoms with Crippen molar-refractivity contribution in [3.8, 4) is 0 Å². The van der Waals surface area contributed by atoms with Crippen molar-refractivity contribution >= 4 is 0 Å². The smallest absolute Gasteiger partial charge is 0.127 e. The van der Waals surface area contributed by atoms with Crippen molar-refractivity contribution in [3.63, 3.8) is 0 Å². The van der Waals surface area contributed by atoms with Crippen LogP contribution >= 0.6 is 0 Å². The molecule has 0 radical (unpaired) electrons. The minimum atomic E-state index is 0.237. The number of rotatable bonds is 0. The largest absolute Gasteiger partial charge is 0.276 e. The second kappa shape index (κ2) is 1.64. The van der Waals surface area contributed by atoms with Crippen LogP contribution in [0.5, 0.6) is 0 Å². The van der Waals surface area contributed by atoms with E-state index in [-0.39, 0.29) is 12.6 Å². The van der Waals surface area contributed by atoms with Crippen LogP contribution in [0.4, 0.5) is 0 Å². The van der Waals surface area contributed by atoms with Gasteiger partial charge in [0.05, 0.1) is 6.67 Å². The fourth-order valence-corrected chi connectivity index (χ4v) is 0.900. The van der Waals surface area contributed by atoms with E-state index in [0.29, 0.717) is 0 Å². The van der Waals surface area contributed by atoms with Crippen LogP contribution < -0.4 is 26.8 Å². The highest BCUT2D eigenvalue weighted by molar-refractivity contribution is 4.77. The molecule has 0 aromatic carbocycles. The zero-order valence-corrected chi connectivity index (χ0v) is 4.36. The molecule has 0 saturated carbocycles. The summed E-state index contributed by atoms with van der Waals surface area (Å²) in [4.78, 5) is 0. The third-order valence-corrected chi connectivity index (χ3v) is 1.32. The predicted octanol–water partition coefficient (Wildman–Crippen LogP) is -2.60. The van der Waals surface area contributed by atoms with E-state index in [0.717, 1.165) is 6.67 Å². The average molecular weight is 115 g/mol. The lowest BCUT2D eigenvalue weighted by molar-refractivity contribution is 0.325. The van der Waals surface area contributed by atoms with Crippen LogP contribution in [0.25, 0.3) is 0 Å². The molecule has 0 aromatic rings. The molecule has 5 heteroatoms. The maximum absolute atomic E-state index is 3.15. The third-order valence-electron chi connectivity index (χ3n) is 1.32. The van der Waals surface area contributed by atoms with E-state index in [2.05, 4.69) is 26.8 Å². The van der Waals surface area contributed by atoms with E-state index in [1.54, 1.807) is 0 Å². The summed E-state index contributed by atoms with van der Waals surface area (Å²) in [6, 6.07) is 0. The van der Waals surface area contributed by atoms with Gasteiger partial charge in [-0.1, -0.05) is 0 Å². The van der Waals surface area contributed by atoms with Crippen LogP contribution in [-0.4, -0.2) is 19.2 Å². The van der Waals surface area contributed by atoms with Crippen molar-refractivity contribution in [2.45, 2.75) is 12.6 Å². The molecule has 2 unspecified atom stereocenters. The van der Waals surface area contributed by atoms with E-state index >= 15 is 0 Å². The van der Waals surface area contributed by atoms with Gasteiger partial charge in [-0.05, 0) is 0 Å². The number of hydrogen-bond donors (Lipinski definition) is 5. The van der Waals surface area contributed by atoms with Gasteiger partial charge in [0.2, 0.25) is 0 Å². The first-order valence-electron chi connectivity index (χ1n) is 2.69. The van der Waals surface area contributed by atoms with E-state index in [4.69, 9.17) is 0 Å². The van der Waals surface area contributed by atoms with Gasteiger partial charge < -0.3 is 0 Å². The summed E-state index contributed by atoms with van der Waals surface area (Å²) in [5.41, 5.74) is 5.97. The van der Waals surface area contributed by atoms with Crippen LogP contribution in [-0.2, 0) is 0 Å². The first-order chi connectivity index (χ1) is 3.95. The number of hydrazine groups is 1. The zero-order valence-electron chi connectivity index (χ0n) is 4.36. The van der Waals surface area contributed by atoms with Gasteiger partial charge in [-0.25, -0.2) is 10.9 Å². The SMILES string of the molecule is C1NC2NNC(N1)N2. The van der Waals surface area contributed by atoms with Crippen LogP contribution in [0.3, 0.4) is 0 Å². The normalized spacial score (nSPS) is 45.0. The quantitative estimate of drug-likeness (QED) is 0.240. The van der Waals surface area contributed by atoms with Crippen LogP contribution in [0.2, 0.25) is 0 Å². The lowest BCUT2D eigenvalue weighted by Crippen LogP contribution is -2.58. The first kappa shape index (κ1) is 4.66. The van der Waals surface area contributed by atoms with Gasteiger partial charge in [0.15, 0.2) is 0 Å². The monoisotopic (exact) mass is 115 g/mol. The Bertz CT molecular complexity index is 79.7. The average Bonchev–Trinajstić information content (AvgIpc) is 2.12. The molecule has 2 atom stereocenters. The molecular formula is C3H9N5. The standard InChI is InChI=1S/C3H9N5/c1-4-2-6-3(5-1)8-7-2/h2-8H,1H2. The molecule has 2 aliphatic rings. The summed E-state index contributed by atoms with van der Waals surface area (Å²) < 4.78 is 0. The minimum absolute atomic E-state index is 0.237. The van der Waals surface area contributed by atoms with Crippen molar-refractivity contribution in [2.24, 2.45) is 0 Å². The molecule has 5 nitrogen and oxygen atoms in total. The Kier molecular flexibility index (Phi) is 0.956. The summed E-state index contributed by atoms with van der Waals surface area (Å²) in [5, 5.41) is 9.38. The Morgan fingerprint density at radius 2 is 1.62 bits per heavy atom. The summed E-state index contributed by atoms with van der Waals surface area (Å²) in [6.45, 7) is 0.850. The van der Waals surface area contributed by atoms with Gasteiger partial charge in [-0.3, -0.25) is 16.0 Å². The highest BCUT2D eigenvalue weighted by Gasteiger charge is 2.24. The molecule has 2 heterocycles. The molecule has 2 fully saturated rings. The topological polar surface area (TPSA) is 60.1 Å². The lowest BCUT2D eigenvalue weighted by Gasteiger charge is -2.20. The Balaban J connectivity index is 2.03. The second-order valence-corrected chi connectivity index (χ2v) is 1.91. The molecular weight excluding hydrogens is 106 g/mol. The summed E-state index contributed by atoms with van der Waals surface area (Å²) in [5.74, 6) is 0. The molecule has 2 aliphatic heterocycles. The van der Waals surface area contributed by atoms with Crippen molar-refractivity contribution in [2.75, 3.05) is 6.67 Å². The van der Waals surface area contributed by atoms with Gasteiger partial charge in [0.25, 0.3) is 0 Å². The van der Waals surface area contributed by atoms with Gasteiger partial charge in [0.1, 0.15) is 12.6 Å². The third kappa shape index (κ3) is 0.610. The first-order valence-corrected chi connectivity index (χ1v) is 2.69. The van der Waals surface area contributed by atoms with E-state index < -0.39 is 0 Å². The zero-order chi connectivity index (χ0) is 5.40. The van der Waals surface area contributed by atoms with Gasteiger partial charge in [-0.15, -0.1) is 0 Å². The van der Waals surface area contributed by atoms with Crippen LogP contribution in [0, 0.1) is 0 Å². The molecule has 2 bridgehead atoms. The molecule has 46 valence electrons. The van der Waals surface area contributed by atoms with Crippen LogP contribution in [0.15, 0.2) is 0 Å². The van der Waals surface area contributed by atoms with Crippen molar-refractivity contribution in [3.05, 3.63) is 0 Å². The lowest BCUT2D eigenvalue weighted by atomic mass is 10.7. The van der Waals surface area contributed by atoms with Crippen molar-refractivity contribution < 1.29 is 0 Å².